The Kier molecular flexibility index (Phi) is 5.68. The highest BCUT2D eigenvalue weighted by Crippen LogP contribution is 2.17. The van der Waals surface area contributed by atoms with E-state index in [1.54, 1.807) is 7.11 Å². The van der Waals surface area contributed by atoms with Gasteiger partial charge in [-0.25, -0.2) is 0 Å². The average Bonchev–Trinajstić information content (AvgIpc) is 2.21. The molecule has 0 spiro atoms. The first-order valence-corrected chi connectivity index (χ1v) is 5.76. The zero-order valence-corrected chi connectivity index (χ0v) is 9.56. The molecule has 0 aliphatic heterocycles. The van der Waals surface area contributed by atoms with Crippen LogP contribution in [0.1, 0.15) is 12.5 Å². The van der Waals surface area contributed by atoms with Crippen LogP contribution in [0.5, 0.6) is 0 Å². The molecule has 0 aliphatic rings. The van der Waals surface area contributed by atoms with Crippen molar-refractivity contribution >= 4 is 11.8 Å². The first-order valence-electron chi connectivity index (χ1n) is 4.78. The lowest BCUT2D eigenvalue weighted by molar-refractivity contribution is 0.174. The molecule has 14 heavy (non-hydrogen) atoms. The van der Waals surface area contributed by atoms with Crippen molar-refractivity contribution in [3.05, 3.63) is 29.8 Å². The number of hydrogen-bond acceptors (Lipinski definition) is 3. The molecule has 0 saturated carbocycles. The molecule has 0 heterocycles. The van der Waals surface area contributed by atoms with Crippen molar-refractivity contribution in [3.8, 4) is 0 Å². The van der Waals surface area contributed by atoms with Gasteiger partial charge in [0.05, 0.1) is 6.73 Å². The number of thioether (sulfide) groups is 1. The first-order chi connectivity index (χ1) is 6.86. The van der Waals surface area contributed by atoms with Crippen LogP contribution in [0.15, 0.2) is 29.2 Å². The van der Waals surface area contributed by atoms with Gasteiger partial charge >= 0.3 is 0 Å². The number of nitrogens with one attached hydrogen (secondary N) is 1. The van der Waals surface area contributed by atoms with Crippen LogP contribution in [0.2, 0.25) is 0 Å². The minimum Gasteiger partial charge on any atom is -0.370 e. The molecule has 0 bridgehead atoms. The molecule has 0 aromatic heterocycles. The third kappa shape index (κ3) is 4.13. The van der Waals surface area contributed by atoms with Crippen LogP contribution in [0.25, 0.3) is 0 Å². The van der Waals surface area contributed by atoms with E-state index in [0.717, 1.165) is 12.3 Å². The van der Waals surface area contributed by atoms with Gasteiger partial charge in [-0.3, -0.25) is 5.32 Å². The van der Waals surface area contributed by atoms with Crippen molar-refractivity contribution < 1.29 is 4.74 Å². The van der Waals surface area contributed by atoms with E-state index in [4.69, 9.17) is 4.74 Å². The molecular formula is C11H17NOS. The smallest absolute Gasteiger partial charge is 0.0964 e. The number of benzene rings is 1. The van der Waals surface area contributed by atoms with Gasteiger partial charge < -0.3 is 4.74 Å². The Morgan fingerprint density at radius 2 is 2.00 bits per heavy atom. The van der Waals surface area contributed by atoms with Crippen molar-refractivity contribution in [2.45, 2.75) is 18.4 Å². The van der Waals surface area contributed by atoms with E-state index in [1.807, 2.05) is 11.8 Å². The van der Waals surface area contributed by atoms with Gasteiger partial charge in [-0.15, -0.1) is 11.8 Å². The van der Waals surface area contributed by atoms with Crippen LogP contribution in [-0.4, -0.2) is 19.6 Å². The minimum atomic E-state index is 0.603. The predicted molar refractivity (Wildman–Crippen MR) is 61.6 cm³/mol. The second-order valence-electron chi connectivity index (χ2n) is 2.94. The van der Waals surface area contributed by atoms with Gasteiger partial charge in [0.2, 0.25) is 0 Å². The molecule has 2 nitrogen and oxygen atoms in total. The average molecular weight is 211 g/mol. The zero-order valence-electron chi connectivity index (χ0n) is 8.75. The highest BCUT2D eigenvalue weighted by Gasteiger charge is 1.93. The summed E-state index contributed by atoms with van der Waals surface area (Å²) in [4.78, 5) is 1.34. The monoisotopic (exact) mass is 211 g/mol. The van der Waals surface area contributed by atoms with E-state index in [1.165, 1.54) is 10.5 Å². The fourth-order valence-electron chi connectivity index (χ4n) is 1.17. The number of rotatable bonds is 6. The van der Waals surface area contributed by atoms with Gasteiger partial charge in [0.15, 0.2) is 0 Å². The van der Waals surface area contributed by atoms with Crippen LogP contribution in [0, 0.1) is 0 Å². The summed E-state index contributed by atoms with van der Waals surface area (Å²) in [6.07, 6.45) is 0. The molecule has 0 unspecified atom stereocenters. The molecule has 0 amide bonds. The van der Waals surface area contributed by atoms with E-state index >= 15 is 0 Å². The third-order valence-electron chi connectivity index (χ3n) is 1.81. The van der Waals surface area contributed by atoms with Crippen molar-refractivity contribution in [1.29, 1.82) is 0 Å². The summed E-state index contributed by atoms with van der Waals surface area (Å²) >= 11 is 1.87. The Bertz CT molecular complexity index is 248. The maximum Gasteiger partial charge on any atom is 0.0964 e. The zero-order chi connectivity index (χ0) is 10.2. The highest BCUT2D eigenvalue weighted by molar-refractivity contribution is 7.99. The van der Waals surface area contributed by atoms with Crippen molar-refractivity contribution in [1.82, 2.24) is 5.32 Å². The molecule has 0 fully saturated rings. The summed E-state index contributed by atoms with van der Waals surface area (Å²) < 4.78 is 4.91. The third-order valence-corrected chi connectivity index (χ3v) is 2.70. The van der Waals surface area contributed by atoms with Gasteiger partial charge in [0.1, 0.15) is 0 Å². The molecule has 3 heteroatoms. The lowest BCUT2D eigenvalue weighted by Gasteiger charge is -2.04. The standard InChI is InChI=1S/C11H17NOS/c1-3-14-11-6-4-10(5-7-11)8-12-9-13-2/h4-7,12H,3,8-9H2,1-2H3. The second-order valence-corrected chi connectivity index (χ2v) is 4.27. The van der Waals surface area contributed by atoms with E-state index in [9.17, 15) is 0 Å². The van der Waals surface area contributed by atoms with Crippen LogP contribution in [0.3, 0.4) is 0 Å². The maximum absolute atomic E-state index is 4.91. The number of hydrogen-bond donors (Lipinski definition) is 1. The summed E-state index contributed by atoms with van der Waals surface area (Å²) in [5, 5.41) is 3.17. The van der Waals surface area contributed by atoms with Crippen molar-refractivity contribution in [3.63, 3.8) is 0 Å². The van der Waals surface area contributed by atoms with Gasteiger partial charge in [0.25, 0.3) is 0 Å². The Balaban J connectivity index is 2.38. The van der Waals surface area contributed by atoms with E-state index in [-0.39, 0.29) is 0 Å². The van der Waals surface area contributed by atoms with Crippen LogP contribution in [-0.2, 0) is 11.3 Å². The topological polar surface area (TPSA) is 21.3 Å². The summed E-state index contributed by atoms with van der Waals surface area (Å²) in [5.74, 6) is 1.13. The van der Waals surface area contributed by atoms with Gasteiger partial charge in [-0.05, 0) is 23.4 Å². The molecule has 1 aromatic carbocycles. The van der Waals surface area contributed by atoms with Crippen LogP contribution in [0.4, 0.5) is 0 Å². The van der Waals surface area contributed by atoms with Crippen molar-refractivity contribution in [2.75, 3.05) is 19.6 Å². The Labute approximate surface area is 90.0 Å². The summed E-state index contributed by atoms with van der Waals surface area (Å²) in [6.45, 7) is 3.63. The second kappa shape index (κ2) is 6.87. The fourth-order valence-corrected chi connectivity index (χ4v) is 1.83. The molecule has 1 rings (SSSR count). The number of methoxy groups -OCH3 is 1. The summed E-state index contributed by atoms with van der Waals surface area (Å²) in [7, 11) is 1.69. The molecule has 78 valence electrons. The molecule has 0 aliphatic carbocycles. The normalized spacial score (nSPS) is 10.4. The van der Waals surface area contributed by atoms with E-state index < -0.39 is 0 Å². The highest BCUT2D eigenvalue weighted by atomic mass is 32.2. The largest absolute Gasteiger partial charge is 0.370 e. The molecule has 1 aromatic rings. The summed E-state index contributed by atoms with van der Waals surface area (Å²) in [5.41, 5.74) is 1.29. The molecule has 0 radical (unpaired) electrons. The van der Waals surface area contributed by atoms with Gasteiger partial charge in [-0.1, -0.05) is 19.1 Å². The lowest BCUT2D eigenvalue weighted by atomic mass is 10.2. The predicted octanol–water partition coefficient (Wildman–Crippen LogP) is 2.49. The fraction of sp³-hybridized carbons (Fsp3) is 0.455. The molecule has 0 saturated heterocycles. The van der Waals surface area contributed by atoms with E-state index in [2.05, 4.69) is 36.5 Å². The molecule has 0 atom stereocenters. The van der Waals surface area contributed by atoms with Gasteiger partial charge in [-0.2, -0.15) is 0 Å². The lowest BCUT2D eigenvalue weighted by Crippen LogP contribution is -2.15. The maximum atomic E-state index is 4.91. The quantitative estimate of drug-likeness (QED) is 0.444. The first kappa shape index (κ1) is 11.6. The SMILES string of the molecule is CCSc1ccc(CNCOC)cc1. The minimum absolute atomic E-state index is 0.603. The Hall–Kier alpha value is -0.510. The Morgan fingerprint density at radius 1 is 1.29 bits per heavy atom. The number of ether oxygens (including phenoxy) is 1. The van der Waals surface area contributed by atoms with Crippen molar-refractivity contribution in [2.24, 2.45) is 0 Å². The van der Waals surface area contributed by atoms with Gasteiger partial charge in [0, 0.05) is 18.6 Å². The summed E-state index contributed by atoms with van der Waals surface area (Å²) in [6, 6.07) is 8.64. The molecular weight excluding hydrogens is 194 g/mol. The van der Waals surface area contributed by atoms with E-state index in [0.29, 0.717) is 6.73 Å². The Morgan fingerprint density at radius 3 is 2.57 bits per heavy atom. The molecule has 1 N–H and O–H groups in total. The van der Waals surface area contributed by atoms with Crippen LogP contribution < -0.4 is 5.32 Å². The van der Waals surface area contributed by atoms with Crippen LogP contribution >= 0.6 is 11.8 Å².